The van der Waals surface area contributed by atoms with Gasteiger partial charge in [0.2, 0.25) is 0 Å². The zero-order valence-electron chi connectivity index (χ0n) is 22.7. The van der Waals surface area contributed by atoms with Gasteiger partial charge in [-0.15, -0.1) is 0 Å². The maximum Gasteiger partial charge on any atom is 0.415 e. The SMILES string of the molecule is CCN(C(=O)Oc1ccc2c(c1)CC=c1c-2ccc2c1=CC(C(=O)c1ccc(F)cc1)CC2(C)C)C(C)C. The molecule has 0 heterocycles. The molecule has 4 nitrogen and oxygen atoms in total. The fourth-order valence-corrected chi connectivity index (χ4v) is 5.92. The molecule has 38 heavy (non-hydrogen) atoms. The zero-order chi connectivity index (χ0) is 27.2. The molecule has 1 atom stereocenters. The molecular weight excluding hydrogens is 477 g/mol. The van der Waals surface area contributed by atoms with Crippen molar-refractivity contribution in [2.45, 2.75) is 58.9 Å². The lowest BCUT2D eigenvalue weighted by molar-refractivity contribution is 0.0933. The largest absolute Gasteiger partial charge is 0.415 e. The fraction of sp³-hybridized carbons (Fsp3) is 0.333. The number of benzene rings is 3. The normalized spacial score (nSPS) is 16.9. The summed E-state index contributed by atoms with van der Waals surface area (Å²) in [4.78, 5) is 27.7. The highest BCUT2D eigenvalue weighted by atomic mass is 19.1. The van der Waals surface area contributed by atoms with Crippen molar-refractivity contribution in [2.75, 3.05) is 6.54 Å². The van der Waals surface area contributed by atoms with E-state index < -0.39 is 0 Å². The van der Waals surface area contributed by atoms with Crippen LogP contribution in [0.3, 0.4) is 0 Å². The summed E-state index contributed by atoms with van der Waals surface area (Å²) >= 11 is 0. The van der Waals surface area contributed by atoms with E-state index >= 15 is 0 Å². The quantitative estimate of drug-likeness (QED) is 0.394. The van der Waals surface area contributed by atoms with Gasteiger partial charge in [0, 0.05) is 24.1 Å². The monoisotopic (exact) mass is 511 g/mol. The minimum atomic E-state index is -0.345. The van der Waals surface area contributed by atoms with Crippen LogP contribution in [0.25, 0.3) is 23.3 Å². The van der Waals surface area contributed by atoms with Gasteiger partial charge in [-0.2, -0.15) is 0 Å². The molecule has 1 unspecified atom stereocenters. The number of hydrogen-bond donors (Lipinski definition) is 0. The molecule has 0 saturated heterocycles. The molecule has 5 rings (SSSR count). The van der Waals surface area contributed by atoms with Crippen molar-refractivity contribution < 1.29 is 18.7 Å². The second-order valence-electron chi connectivity index (χ2n) is 11.2. The van der Waals surface area contributed by atoms with E-state index in [-0.39, 0.29) is 35.1 Å². The van der Waals surface area contributed by atoms with Gasteiger partial charge < -0.3 is 9.64 Å². The van der Waals surface area contributed by atoms with Gasteiger partial charge in [0.05, 0.1) is 0 Å². The zero-order valence-corrected chi connectivity index (χ0v) is 22.7. The van der Waals surface area contributed by atoms with Gasteiger partial charge in [-0.05, 0) is 108 Å². The summed E-state index contributed by atoms with van der Waals surface area (Å²) in [5.74, 6) is -0.0666. The first kappa shape index (κ1) is 25.9. The van der Waals surface area contributed by atoms with Crippen LogP contribution in [-0.4, -0.2) is 29.4 Å². The van der Waals surface area contributed by atoms with Crippen LogP contribution in [0.5, 0.6) is 5.75 Å². The Labute approximate surface area is 223 Å². The number of halogens is 1. The molecule has 0 fully saturated rings. The topological polar surface area (TPSA) is 46.6 Å². The van der Waals surface area contributed by atoms with E-state index in [1.165, 1.54) is 17.7 Å². The van der Waals surface area contributed by atoms with Gasteiger partial charge >= 0.3 is 6.09 Å². The molecule has 0 saturated carbocycles. The van der Waals surface area contributed by atoms with Crippen LogP contribution >= 0.6 is 0 Å². The highest BCUT2D eigenvalue weighted by Crippen LogP contribution is 2.35. The first-order valence-corrected chi connectivity index (χ1v) is 13.4. The van der Waals surface area contributed by atoms with Crippen molar-refractivity contribution >= 4 is 24.0 Å². The molecule has 196 valence electrons. The summed E-state index contributed by atoms with van der Waals surface area (Å²) in [6, 6.07) is 16.1. The Hall–Kier alpha value is -3.73. The Morgan fingerprint density at radius 3 is 2.42 bits per heavy atom. The lowest BCUT2D eigenvalue weighted by atomic mass is 9.69. The Bertz CT molecular complexity index is 1540. The summed E-state index contributed by atoms with van der Waals surface area (Å²) in [6.07, 6.45) is 5.38. The Morgan fingerprint density at radius 1 is 1.03 bits per heavy atom. The van der Waals surface area contributed by atoms with Crippen molar-refractivity contribution in [3.8, 4) is 16.9 Å². The van der Waals surface area contributed by atoms with Crippen LogP contribution in [0.2, 0.25) is 0 Å². The van der Waals surface area contributed by atoms with Crippen molar-refractivity contribution in [3.63, 3.8) is 0 Å². The van der Waals surface area contributed by atoms with Gasteiger partial charge in [0.25, 0.3) is 0 Å². The third-order valence-corrected chi connectivity index (χ3v) is 7.88. The highest BCUT2D eigenvalue weighted by Gasteiger charge is 2.34. The predicted octanol–water partition coefficient (Wildman–Crippen LogP) is 6.02. The molecule has 0 aliphatic heterocycles. The van der Waals surface area contributed by atoms with Crippen molar-refractivity contribution in [1.82, 2.24) is 4.90 Å². The van der Waals surface area contributed by atoms with E-state index in [9.17, 15) is 14.0 Å². The van der Waals surface area contributed by atoms with E-state index in [0.29, 0.717) is 30.7 Å². The molecule has 5 heteroatoms. The first-order chi connectivity index (χ1) is 18.1. The van der Waals surface area contributed by atoms with E-state index in [2.05, 4.69) is 38.1 Å². The number of Topliss-reactive ketones (excluding diaryl/α,β-unsaturated/α-hetero) is 1. The number of ketones is 1. The molecule has 1 amide bonds. The summed E-state index contributed by atoms with van der Waals surface area (Å²) in [5.41, 5.74) is 4.91. The summed E-state index contributed by atoms with van der Waals surface area (Å²) in [7, 11) is 0. The average Bonchev–Trinajstić information content (AvgIpc) is 2.87. The summed E-state index contributed by atoms with van der Waals surface area (Å²) in [5, 5.41) is 2.25. The van der Waals surface area contributed by atoms with Crippen molar-refractivity contribution in [1.29, 1.82) is 0 Å². The van der Waals surface area contributed by atoms with E-state index in [1.807, 2.05) is 39.0 Å². The Morgan fingerprint density at radius 2 is 1.74 bits per heavy atom. The number of fused-ring (bicyclic) bond motifs is 5. The van der Waals surface area contributed by atoms with Gasteiger partial charge in [0.15, 0.2) is 5.78 Å². The Kier molecular flexibility index (Phi) is 6.72. The molecule has 0 radical (unpaired) electrons. The number of ether oxygens (including phenoxy) is 1. The lowest BCUT2D eigenvalue weighted by Crippen LogP contribution is -2.43. The van der Waals surface area contributed by atoms with Gasteiger partial charge in [-0.25, -0.2) is 9.18 Å². The molecule has 0 aromatic heterocycles. The number of hydrogen-bond acceptors (Lipinski definition) is 3. The highest BCUT2D eigenvalue weighted by molar-refractivity contribution is 6.01. The van der Waals surface area contributed by atoms with Gasteiger partial charge in [-0.3, -0.25) is 4.79 Å². The van der Waals surface area contributed by atoms with Crippen molar-refractivity contribution in [3.05, 3.63) is 87.5 Å². The average molecular weight is 512 g/mol. The van der Waals surface area contributed by atoms with Gasteiger partial charge in [0.1, 0.15) is 11.6 Å². The second kappa shape index (κ2) is 9.86. The number of carbonyl (C=O) groups excluding carboxylic acids is 2. The van der Waals surface area contributed by atoms with Crippen LogP contribution in [0, 0.1) is 11.7 Å². The molecule has 0 N–H and O–H groups in total. The number of rotatable bonds is 5. The van der Waals surface area contributed by atoms with E-state index in [1.54, 1.807) is 17.0 Å². The first-order valence-electron chi connectivity index (χ1n) is 13.4. The summed E-state index contributed by atoms with van der Waals surface area (Å²) in [6.45, 7) is 10.8. The number of carbonyl (C=O) groups is 2. The molecule has 2 aliphatic rings. The van der Waals surface area contributed by atoms with Crippen LogP contribution in [0.4, 0.5) is 9.18 Å². The second-order valence-corrected chi connectivity index (χ2v) is 11.2. The maximum atomic E-state index is 13.4. The van der Waals surface area contributed by atoms with Crippen LogP contribution < -0.4 is 15.2 Å². The third kappa shape index (κ3) is 4.66. The van der Waals surface area contributed by atoms with Crippen LogP contribution in [0.15, 0.2) is 54.6 Å². The minimum Gasteiger partial charge on any atom is -0.410 e. The lowest BCUT2D eigenvalue weighted by Gasteiger charge is -2.34. The molecule has 3 aromatic carbocycles. The molecule has 2 aliphatic carbocycles. The van der Waals surface area contributed by atoms with E-state index in [0.717, 1.165) is 27.1 Å². The number of nitrogens with zero attached hydrogens (tertiary/aromatic N) is 1. The third-order valence-electron chi connectivity index (χ3n) is 7.88. The smallest absolute Gasteiger partial charge is 0.410 e. The van der Waals surface area contributed by atoms with Gasteiger partial charge in [-0.1, -0.05) is 44.2 Å². The van der Waals surface area contributed by atoms with Crippen LogP contribution in [-0.2, 0) is 11.8 Å². The Balaban J connectivity index is 1.52. The molecule has 3 aromatic rings. The molecule has 0 spiro atoms. The maximum absolute atomic E-state index is 13.4. The van der Waals surface area contributed by atoms with Crippen molar-refractivity contribution in [2.24, 2.45) is 5.92 Å². The fourth-order valence-electron chi connectivity index (χ4n) is 5.92. The van der Waals surface area contributed by atoms with E-state index in [4.69, 9.17) is 4.74 Å². The number of amides is 1. The standard InChI is InChI=1S/C33H34FNO3/c1-6-35(20(2)3)32(37)38-25-12-14-26-22(17-25)9-13-28-27(26)15-16-30-29(28)18-23(19-33(30,4)5)31(36)21-7-10-24(34)11-8-21/h7-8,10-18,20,23H,6,9,19H2,1-5H3. The molecule has 0 bridgehead atoms. The summed E-state index contributed by atoms with van der Waals surface area (Å²) < 4.78 is 19.1. The minimum absolute atomic E-state index is 0.0199. The molecular formula is C33H34FNO3. The van der Waals surface area contributed by atoms with Crippen LogP contribution in [0.1, 0.15) is 62.5 Å². The predicted molar refractivity (Wildman–Crippen MR) is 149 cm³/mol.